The van der Waals surface area contributed by atoms with Gasteiger partial charge in [0.1, 0.15) is 23.1 Å². The number of ether oxygens (including phenoxy) is 2. The van der Waals surface area contributed by atoms with Crippen LogP contribution in [0.3, 0.4) is 0 Å². The number of esters is 1. The molecule has 3 nitrogen and oxygen atoms in total. The second-order valence-electron chi connectivity index (χ2n) is 4.73. The average molecular weight is 306 g/mol. The minimum Gasteiger partial charge on any atom is -0.497 e. The number of halogens is 2. The molecule has 116 valence electrons. The van der Waals surface area contributed by atoms with Crippen LogP contribution in [0.15, 0.2) is 36.4 Å². The SMILES string of the molecule is CCCc1c(F)cc(OC(=O)c2ccc(OC)cc2)cc1F. The Balaban J connectivity index is 2.17. The number of carbonyl (C=O) groups is 1. The van der Waals surface area contributed by atoms with E-state index in [1.54, 1.807) is 12.1 Å². The van der Waals surface area contributed by atoms with Gasteiger partial charge in [-0.15, -0.1) is 0 Å². The second kappa shape index (κ2) is 7.02. The standard InChI is InChI=1S/C17H16F2O3/c1-3-4-14-15(18)9-13(10-16(14)19)22-17(20)11-5-7-12(21-2)8-6-11/h5-10H,3-4H2,1-2H3. The van der Waals surface area contributed by atoms with Gasteiger partial charge in [0, 0.05) is 17.7 Å². The summed E-state index contributed by atoms with van der Waals surface area (Å²) in [5, 5.41) is 0. The lowest BCUT2D eigenvalue weighted by Crippen LogP contribution is -2.09. The number of hydrogen-bond acceptors (Lipinski definition) is 3. The van der Waals surface area contributed by atoms with E-state index in [0.29, 0.717) is 18.6 Å². The highest BCUT2D eigenvalue weighted by molar-refractivity contribution is 5.91. The zero-order valence-corrected chi connectivity index (χ0v) is 12.4. The summed E-state index contributed by atoms with van der Waals surface area (Å²) < 4.78 is 37.6. The van der Waals surface area contributed by atoms with Crippen molar-refractivity contribution in [2.45, 2.75) is 19.8 Å². The summed E-state index contributed by atoms with van der Waals surface area (Å²) in [6, 6.07) is 8.27. The molecule has 0 fully saturated rings. The summed E-state index contributed by atoms with van der Waals surface area (Å²) in [6.07, 6.45) is 0.920. The number of benzene rings is 2. The summed E-state index contributed by atoms with van der Waals surface area (Å²) in [5.74, 6) is -1.67. The Bertz CT molecular complexity index is 643. The van der Waals surface area contributed by atoms with Gasteiger partial charge >= 0.3 is 5.97 Å². The van der Waals surface area contributed by atoms with Gasteiger partial charge in [-0.1, -0.05) is 13.3 Å². The number of methoxy groups -OCH3 is 1. The van der Waals surface area contributed by atoms with Gasteiger partial charge in [-0.3, -0.25) is 0 Å². The van der Waals surface area contributed by atoms with Gasteiger partial charge in [0.25, 0.3) is 0 Å². The number of hydrogen-bond donors (Lipinski definition) is 0. The summed E-state index contributed by atoms with van der Waals surface area (Å²) in [6.45, 7) is 1.83. The Morgan fingerprint density at radius 2 is 1.64 bits per heavy atom. The van der Waals surface area contributed by atoms with Crippen LogP contribution in [0.1, 0.15) is 29.3 Å². The fourth-order valence-corrected chi connectivity index (χ4v) is 2.02. The van der Waals surface area contributed by atoms with Crippen LogP contribution in [0.5, 0.6) is 11.5 Å². The van der Waals surface area contributed by atoms with E-state index < -0.39 is 17.6 Å². The topological polar surface area (TPSA) is 35.5 Å². The van der Waals surface area contributed by atoms with Gasteiger partial charge in [0.2, 0.25) is 0 Å². The second-order valence-corrected chi connectivity index (χ2v) is 4.73. The van der Waals surface area contributed by atoms with Crippen LogP contribution in [-0.4, -0.2) is 13.1 Å². The fourth-order valence-electron chi connectivity index (χ4n) is 2.02. The average Bonchev–Trinajstić information content (AvgIpc) is 2.51. The van der Waals surface area contributed by atoms with E-state index in [9.17, 15) is 13.6 Å². The van der Waals surface area contributed by atoms with E-state index >= 15 is 0 Å². The third kappa shape index (κ3) is 3.61. The lowest BCUT2D eigenvalue weighted by molar-refractivity contribution is 0.0734. The molecule has 2 rings (SSSR count). The first kappa shape index (κ1) is 15.9. The molecule has 0 aliphatic carbocycles. The normalized spacial score (nSPS) is 10.4. The van der Waals surface area contributed by atoms with E-state index in [2.05, 4.69) is 0 Å². The molecule has 0 amide bonds. The quantitative estimate of drug-likeness (QED) is 0.615. The molecule has 22 heavy (non-hydrogen) atoms. The van der Waals surface area contributed by atoms with Crippen molar-refractivity contribution < 1.29 is 23.0 Å². The van der Waals surface area contributed by atoms with Gasteiger partial charge in [-0.2, -0.15) is 0 Å². The highest BCUT2D eigenvalue weighted by Crippen LogP contribution is 2.23. The highest BCUT2D eigenvalue weighted by atomic mass is 19.1. The van der Waals surface area contributed by atoms with E-state index in [0.717, 1.165) is 12.1 Å². The Hall–Kier alpha value is -2.43. The van der Waals surface area contributed by atoms with Crippen LogP contribution < -0.4 is 9.47 Å². The zero-order valence-electron chi connectivity index (χ0n) is 12.4. The molecule has 0 N–H and O–H groups in total. The Morgan fingerprint density at radius 1 is 1.05 bits per heavy atom. The molecule has 0 saturated carbocycles. The molecule has 5 heteroatoms. The van der Waals surface area contributed by atoms with Crippen molar-refractivity contribution in [3.8, 4) is 11.5 Å². The largest absolute Gasteiger partial charge is 0.497 e. The Labute approximate surface area is 127 Å². The lowest BCUT2D eigenvalue weighted by atomic mass is 10.1. The van der Waals surface area contributed by atoms with E-state index in [1.165, 1.54) is 19.2 Å². The summed E-state index contributed by atoms with van der Waals surface area (Å²) in [7, 11) is 1.51. The molecular weight excluding hydrogens is 290 g/mol. The van der Waals surface area contributed by atoms with Crippen LogP contribution in [0, 0.1) is 11.6 Å². The van der Waals surface area contributed by atoms with Crippen LogP contribution >= 0.6 is 0 Å². The van der Waals surface area contributed by atoms with Crippen molar-refractivity contribution in [2.24, 2.45) is 0 Å². The number of carbonyl (C=O) groups excluding carboxylic acids is 1. The summed E-state index contributed by atoms with van der Waals surface area (Å²) in [4.78, 5) is 11.9. The Kier molecular flexibility index (Phi) is 5.09. The van der Waals surface area contributed by atoms with Crippen molar-refractivity contribution in [1.82, 2.24) is 0 Å². The third-order valence-corrected chi connectivity index (χ3v) is 3.15. The predicted molar refractivity (Wildman–Crippen MR) is 78.3 cm³/mol. The molecule has 0 aliphatic heterocycles. The zero-order chi connectivity index (χ0) is 16.1. The van der Waals surface area contributed by atoms with Crippen LogP contribution in [0.25, 0.3) is 0 Å². The van der Waals surface area contributed by atoms with E-state index in [-0.39, 0.29) is 16.9 Å². The lowest BCUT2D eigenvalue weighted by Gasteiger charge is -2.08. The molecule has 0 heterocycles. The molecule has 0 bridgehead atoms. The van der Waals surface area contributed by atoms with Crippen LogP contribution in [-0.2, 0) is 6.42 Å². The molecule has 2 aromatic carbocycles. The predicted octanol–water partition coefficient (Wildman–Crippen LogP) is 4.15. The first-order valence-electron chi connectivity index (χ1n) is 6.89. The molecule has 0 aliphatic rings. The third-order valence-electron chi connectivity index (χ3n) is 3.15. The molecule has 0 aromatic heterocycles. The summed E-state index contributed by atoms with van der Waals surface area (Å²) >= 11 is 0. The van der Waals surface area contributed by atoms with Crippen molar-refractivity contribution in [2.75, 3.05) is 7.11 Å². The maximum Gasteiger partial charge on any atom is 0.343 e. The van der Waals surface area contributed by atoms with Gasteiger partial charge < -0.3 is 9.47 Å². The van der Waals surface area contributed by atoms with E-state index in [4.69, 9.17) is 9.47 Å². The van der Waals surface area contributed by atoms with E-state index in [1.807, 2.05) is 6.92 Å². The molecule has 2 aromatic rings. The van der Waals surface area contributed by atoms with Gasteiger partial charge in [-0.05, 0) is 30.7 Å². The maximum atomic E-state index is 13.8. The minimum atomic E-state index is -0.709. The number of rotatable bonds is 5. The molecule has 0 spiro atoms. The van der Waals surface area contributed by atoms with Crippen LogP contribution in [0.2, 0.25) is 0 Å². The fraction of sp³-hybridized carbons (Fsp3) is 0.235. The van der Waals surface area contributed by atoms with Crippen molar-refractivity contribution in [3.05, 3.63) is 59.2 Å². The molecular formula is C17H16F2O3. The monoisotopic (exact) mass is 306 g/mol. The van der Waals surface area contributed by atoms with Gasteiger partial charge in [-0.25, -0.2) is 13.6 Å². The first-order valence-corrected chi connectivity index (χ1v) is 6.89. The highest BCUT2D eigenvalue weighted by Gasteiger charge is 2.14. The minimum absolute atomic E-state index is 0.00625. The maximum absolute atomic E-state index is 13.8. The van der Waals surface area contributed by atoms with Gasteiger partial charge in [0.05, 0.1) is 12.7 Å². The van der Waals surface area contributed by atoms with Gasteiger partial charge in [0.15, 0.2) is 0 Å². The van der Waals surface area contributed by atoms with Crippen LogP contribution in [0.4, 0.5) is 8.78 Å². The van der Waals surface area contributed by atoms with Crippen molar-refractivity contribution in [1.29, 1.82) is 0 Å². The molecule has 0 radical (unpaired) electrons. The van der Waals surface area contributed by atoms with Crippen molar-refractivity contribution >= 4 is 5.97 Å². The first-order chi connectivity index (χ1) is 10.5. The molecule has 0 saturated heterocycles. The molecule has 0 unspecified atom stereocenters. The smallest absolute Gasteiger partial charge is 0.343 e. The summed E-state index contributed by atoms with van der Waals surface area (Å²) in [5.41, 5.74) is 0.269. The Morgan fingerprint density at radius 3 is 2.14 bits per heavy atom. The van der Waals surface area contributed by atoms with Crippen molar-refractivity contribution in [3.63, 3.8) is 0 Å². The molecule has 0 atom stereocenters.